The van der Waals surface area contributed by atoms with Gasteiger partial charge in [0.05, 0.1) is 0 Å². The number of nitrogens with one attached hydrogen (secondary N) is 2. The zero-order valence-electron chi connectivity index (χ0n) is 14.1. The second kappa shape index (κ2) is 5.31. The number of rotatable bonds is 3. The van der Waals surface area contributed by atoms with Gasteiger partial charge in [0.25, 0.3) is 5.69 Å². The van der Waals surface area contributed by atoms with E-state index in [1.54, 1.807) is 12.1 Å². The van der Waals surface area contributed by atoms with Crippen LogP contribution in [0.3, 0.4) is 0 Å². The van der Waals surface area contributed by atoms with Gasteiger partial charge in [-0.1, -0.05) is 0 Å². The molecule has 0 atom stereocenters. The molecule has 0 radical (unpaired) electrons. The van der Waals surface area contributed by atoms with E-state index in [0.29, 0.717) is 10.5 Å². The van der Waals surface area contributed by atoms with Crippen LogP contribution in [-0.4, -0.2) is 16.1 Å². The Morgan fingerprint density at radius 2 is 1.88 bits per heavy atom. The quantitative estimate of drug-likeness (QED) is 0.666. The van der Waals surface area contributed by atoms with Crippen molar-refractivity contribution in [2.75, 3.05) is 5.32 Å². The third kappa shape index (κ3) is 2.42. The van der Waals surface area contributed by atoms with Crippen molar-refractivity contribution in [3.8, 4) is 0 Å². The average molecular weight is 338 g/mol. The Morgan fingerprint density at radius 3 is 2.52 bits per heavy atom. The van der Waals surface area contributed by atoms with E-state index in [4.69, 9.17) is 0 Å². The first-order chi connectivity index (χ1) is 12.1. The first-order valence-corrected chi connectivity index (χ1v) is 9.17. The standard InChI is InChI=1S/C19H22N4O2/c24-18(15-3-1-2-4-23(15)25)20-17-8-16(21-22-17)19-9-12-5-13(10-19)7-14(6-12)11-19/h1-4,8,12-14H,5-7,9-11H2,(H2,20,21,22,24). The molecule has 2 heterocycles. The zero-order chi connectivity index (χ0) is 17.0. The highest BCUT2D eigenvalue weighted by Gasteiger charge is 2.52. The summed E-state index contributed by atoms with van der Waals surface area (Å²) in [5.41, 5.74) is 1.45. The lowest BCUT2D eigenvalue weighted by Crippen LogP contribution is -2.48. The highest BCUT2D eigenvalue weighted by molar-refractivity contribution is 6.01. The minimum Gasteiger partial charge on any atom is -0.618 e. The van der Waals surface area contributed by atoms with Crippen LogP contribution in [0, 0.1) is 23.0 Å². The average Bonchev–Trinajstić information content (AvgIpc) is 3.03. The van der Waals surface area contributed by atoms with Crippen LogP contribution in [0.25, 0.3) is 0 Å². The molecule has 6 nitrogen and oxygen atoms in total. The summed E-state index contributed by atoms with van der Waals surface area (Å²) in [5, 5.41) is 21.9. The summed E-state index contributed by atoms with van der Waals surface area (Å²) in [6.45, 7) is 0. The molecular weight excluding hydrogens is 316 g/mol. The van der Waals surface area contributed by atoms with E-state index >= 15 is 0 Å². The maximum Gasteiger partial charge on any atom is 0.322 e. The van der Waals surface area contributed by atoms with Gasteiger partial charge in [-0.15, -0.1) is 0 Å². The third-order valence-corrected chi connectivity index (χ3v) is 6.49. The second-order valence-corrected chi connectivity index (χ2v) is 8.23. The van der Waals surface area contributed by atoms with Crippen molar-refractivity contribution in [2.24, 2.45) is 17.8 Å². The van der Waals surface area contributed by atoms with E-state index in [1.165, 1.54) is 50.8 Å². The highest BCUT2D eigenvalue weighted by Crippen LogP contribution is 2.60. The molecule has 0 unspecified atom stereocenters. The van der Waals surface area contributed by atoms with Crippen molar-refractivity contribution in [2.45, 2.75) is 43.9 Å². The molecule has 4 bridgehead atoms. The highest BCUT2D eigenvalue weighted by atomic mass is 16.5. The number of carbonyl (C=O) groups is 1. The molecule has 0 spiro atoms. The van der Waals surface area contributed by atoms with Crippen LogP contribution in [0.4, 0.5) is 5.82 Å². The molecule has 25 heavy (non-hydrogen) atoms. The lowest BCUT2D eigenvalue weighted by Gasteiger charge is -2.56. The monoisotopic (exact) mass is 338 g/mol. The van der Waals surface area contributed by atoms with Crippen molar-refractivity contribution < 1.29 is 9.52 Å². The molecule has 6 heteroatoms. The molecule has 0 aliphatic heterocycles. The van der Waals surface area contributed by atoms with Gasteiger partial charge in [0.15, 0.2) is 12.0 Å². The fourth-order valence-corrected chi connectivity index (χ4v) is 5.88. The minimum absolute atomic E-state index is 0.0712. The molecule has 130 valence electrons. The number of aromatic amines is 1. The van der Waals surface area contributed by atoms with Crippen LogP contribution in [0.1, 0.15) is 54.7 Å². The van der Waals surface area contributed by atoms with Gasteiger partial charge in [0, 0.05) is 29.3 Å². The van der Waals surface area contributed by atoms with Gasteiger partial charge >= 0.3 is 5.91 Å². The Balaban J connectivity index is 1.38. The smallest absolute Gasteiger partial charge is 0.322 e. The van der Waals surface area contributed by atoms with E-state index in [2.05, 4.69) is 15.5 Å². The fraction of sp³-hybridized carbons (Fsp3) is 0.526. The summed E-state index contributed by atoms with van der Waals surface area (Å²) in [5.74, 6) is 2.64. The maximum absolute atomic E-state index is 12.3. The number of carbonyl (C=O) groups excluding carboxylic acids is 1. The number of H-pyrrole nitrogens is 1. The number of amides is 1. The summed E-state index contributed by atoms with van der Waals surface area (Å²) >= 11 is 0. The molecule has 0 saturated heterocycles. The zero-order valence-corrected chi connectivity index (χ0v) is 14.1. The SMILES string of the molecule is O=C(Nc1cc(C23CC4CC(CC(C4)C2)C3)[nH]n1)c1cccc[n+]1[O-]. The molecular formula is C19H22N4O2. The minimum atomic E-state index is -0.431. The summed E-state index contributed by atoms with van der Waals surface area (Å²) in [6.07, 6.45) is 9.24. The van der Waals surface area contributed by atoms with Crippen molar-refractivity contribution in [3.63, 3.8) is 0 Å². The van der Waals surface area contributed by atoms with Gasteiger partial charge in [-0.3, -0.25) is 15.2 Å². The maximum atomic E-state index is 12.3. The van der Waals surface area contributed by atoms with E-state index in [9.17, 15) is 10.0 Å². The van der Waals surface area contributed by atoms with E-state index in [0.717, 1.165) is 23.4 Å². The van der Waals surface area contributed by atoms with Gasteiger partial charge in [-0.05, 0) is 62.3 Å². The molecule has 2 aromatic heterocycles. The van der Waals surface area contributed by atoms with Gasteiger partial charge in [0.2, 0.25) is 0 Å². The summed E-state index contributed by atoms with van der Waals surface area (Å²) in [7, 11) is 0. The Bertz CT molecular complexity index is 793. The van der Waals surface area contributed by atoms with Crippen LogP contribution in [0.15, 0.2) is 30.5 Å². The molecule has 0 aromatic carbocycles. The lowest BCUT2D eigenvalue weighted by molar-refractivity contribution is -0.607. The van der Waals surface area contributed by atoms with Gasteiger partial charge in [-0.25, -0.2) is 0 Å². The van der Waals surface area contributed by atoms with Gasteiger partial charge in [0.1, 0.15) is 0 Å². The summed E-state index contributed by atoms with van der Waals surface area (Å²) in [4.78, 5) is 12.3. The predicted molar refractivity (Wildman–Crippen MR) is 91.8 cm³/mol. The normalized spacial score (nSPS) is 32.7. The molecule has 4 aliphatic carbocycles. The van der Waals surface area contributed by atoms with Crippen LogP contribution < -0.4 is 10.0 Å². The molecule has 4 saturated carbocycles. The molecule has 2 aromatic rings. The Morgan fingerprint density at radius 1 is 1.20 bits per heavy atom. The Kier molecular flexibility index (Phi) is 3.17. The third-order valence-electron chi connectivity index (χ3n) is 6.49. The predicted octanol–water partition coefficient (Wildman–Crippen LogP) is 2.76. The van der Waals surface area contributed by atoms with Gasteiger partial charge in [-0.2, -0.15) is 9.83 Å². The van der Waals surface area contributed by atoms with Crippen LogP contribution in [0.5, 0.6) is 0 Å². The number of pyridine rings is 1. The fourth-order valence-electron chi connectivity index (χ4n) is 5.88. The first-order valence-electron chi connectivity index (χ1n) is 9.17. The Labute approximate surface area is 146 Å². The number of aromatic nitrogens is 3. The van der Waals surface area contributed by atoms with E-state index < -0.39 is 5.91 Å². The van der Waals surface area contributed by atoms with Crippen LogP contribution in [0.2, 0.25) is 0 Å². The van der Waals surface area contributed by atoms with Gasteiger partial charge < -0.3 is 5.21 Å². The van der Waals surface area contributed by atoms with Crippen molar-refractivity contribution in [1.82, 2.24) is 10.2 Å². The molecule has 2 N–H and O–H groups in total. The largest absolute Gasteiger partial charge is 0.618 e. The van der Waals surface area contributed by atoms with Crippen molar-refractivity contribution in [3.05, 3.63) is 47.1 Å². The molecule has 4 aliphatic rings. The molecule has 1 amide bonds. The van der Waals surface area contributed by atoms with E-state index in [1.807, 2.05) is 6.07 Å². The van der Waals surface area contributed by atoms with Crippen LogP contribution >= 0.6 is 0 Å². The molecule has 6 rings (SSSR count). The number of hydrogen-bond acceptors (Lipinski definition) is 3. The first kappa shape index (κ1) is 14.9. The number of anilines is 1. The van der Waals surface area contributed by atoms with Crippen LogP contribution in [-0.2, 0) is 5.41 Å². The summed E-state index contributed by atoms with van der Waals surface area (Å²) < 4.78 is 0.571. The second-order valence-electron chi connectivity index (χ2n) is 8.23. The van der Waals surface area contributed by atoms with E-state index in [-0.39, 0.29) is 11.1 Å². The Hall–Kier alpha value is -2.37. The molecule has 4 fully saturated rings. The number of hydrogen-bond donors (Lipinski definition) is 2. The number of nitrogens with zero attached hydrogens (tertiary/aromatic N) is 2. The van der Waals surface area contributed by atoms with Crippen molar-refractivity contribution >= 4 is 11.7 Å². The summed E-state index contributed by atoms with van der Waals surface area (Å²) in [6, 6.07) is 6.76. The topological polar surface area (TPSA) is 84.7 Å². The van der Waals surface area contributed by atoms with Crippen molar-refractivity contribution in [1.29, 1.82) is 0 Å². The lowest BCUT2D eigenvalue weighted by atomic mass is 9.49.